The molecule has 3 heteroatoms. The number of nitrogens with zero attached hydrogens (tertiary/aromatic N) is 1. The first kappa shape index (κ1) is 12.9. The maximum Gasteiger partial charge on any atom is 0.0622 e. The number of morpholine rings is 1. The summed E-state index contributed by atoms with van der Waals surface area (Å²) in [4.78, 5) is 2.52. The predicted molar refractivity (Wildman–Crippen MR) is 62.2 cm³/mol. The van der Waals surface area contributed by atoms with Gasteiger partial charge in [-0.2, -0.15) is 0 Å². The molecule has 0 N–H and O–H groups in total. The molecule has 15 heavy (non-hydrogen) atoms. The number of rotatable bonds is 7. The quantitative estimate of drug-likeness (QED) is 0.606. The molecule has 1 aliphatic heterocycles. The van der Waals surface area contributed by atoms with Gasteiger partial charge in [-0.15, -0.1) is 0 Å². The summed E-state index contributed by atoms with van der Waals surface area (Å²) < 4.78 is 10.9. The fourth-order valence-electron chi connectivity index (χ4n) is 2.02. The van der Waals surface area contributed by atoms with Gasteiger partial charge in [-0.1, -0.05) is 19.8 Å². The minimum Gasteiger partial charge on any atom is -0.380 e. The molecule has 0 bridgehead atoms. The number of unbranched alkanes of at least 4 members (excludes halogenated alkanes) is 1. The third kappa shape index (κ3) is 4.96. The molecule has 3 nitrogen and oxygen atoms in total. The molecule has 1 fully saturated rings. The molecule has 0 spiro atoms. The van der Waals surface area contributed by atoms with Crippen molar-refractivity contribution in [1.29, 1.82) is 0 Å². The van der Waals surface area contributed by atoms with E-state index in [2.05, 4.69) is 11.8 Å². The molecule has 0 aromatic heterocycles. The summed E-state index contributed by atoms with van der Waals surface area (Å²) >= 11 is 0. The van der Waals surface area contributed by atoms with Crippen LogP contribution in [0.15, 0.2) is 0 Å². The van der Waals surface area contributed by atoms with E-state index in [9.17, 15) is 0 Å². The second-order valence-electron chi connectivity index (χ2n) is 4.10. The van der Waals surface area contributed by atoms with Crippen LogP contribution >= 0.6 is 0 Å². The van der Waals surface area contributed by atoms with Gasteiger partial charge >= 0.3 is 0 Å². The Morgan fingerprint density at radius 2 is 2.27 bits per heavy atom. The fraction of sp³-hybridized carbons (Fsp3) is 1.00. The van der Waals surface area contributed by atoms with Gasteiger partial charge in [0.2, 0.25) is 0 Å². The molecule has 1 heterocycles. The van der Waals surface area contributed by atoms with Gasteiger partial charge < -0.3 is 9.47 Å². The zero-order valence-corrected chi connectivity index (χ0v) is 10.2. The van der Waals surface area contributed by atoms with E-state index in [1.165, 1.54) is 19.3 Å². The van der Waals surface area contributed by atoms with Crippen molar-refractivity contribution in [2.45, 2.75) is 39.2 Å². The van der Waals surface area contributed by atoms with E-state index in [0.29, 0.717) is 6.04 Å². The van der Waals surface area contributed by atoms with Gasteiger partial charge in [-0.25, -0.2) is 0 Å². The van der Waals surface area contributed by atoms with Gasteiger partial charge in [-0.3, -0.25) is 4.90 Å². The van der Waals surface area contributed by atoms with Crippen molar-refractivity contribution < 1.29 is 9.47 Å². The summed E-state index contributed by atoms with van der Waals surface area (Å²) in [7, 11) is 0. The third-order valence-electron chi connectivity index (χ3n) is 2.97. The van der Waals surface area contributed by atoms with Gasteiger partial charge in [0, 0.05) is 25.7 Å². The first-order valence-electron chi connectivity index (χ1n) is 6.28. The standard InChI is InChI=1S/C12H25NO2/c1-3-5-6-12-11-15-10-8-13(12)7-9-14-4-2/h12H,3-11H2,1-2H3. The highest BCUT2D eigenvalue weighted by atomic mass is 16.5. The Morgan fingerprint density at radius 3 is 3.00 bits per heavy atom. The van der Waals surface area contributed by atoms with Crippen molar-refractivity contribution in [3.05, 3.63) is 0 Å². The smallest absolute Gasteiger partial charge is 0.0622 e. The Labute approximate surface area is 93.7 Å². The van der Waals surface area contributed by atoms with E-state index in [1.54, 1.807) is 0 Å². The van der Waals surface area contributed by atoms with Crippen LogP contribution in [0.4, 0.5) is 0 Å². The summed E-state index contributed by atoms with van der Waals surface area (Å²) in [5.74, 6) is 0. The molecule has 1 saturated heterocycles. The number of ether oxygens (including phenoxy) is 2. The average molecular weight is 215 g/mol. The lowest BCUT2D eigenvalue weighted by molar-refractivity contribution is -0.0226. The molecule has 1 rings (SSSR count). The van der Waals surface area contributed by atoms with Crippen molar-refractivity contribution in [3.8, 4) is 0 Å². The van der Waals surface area contributed by atoms with E-state index in [-0.39, 0.29) is 0 Å². The Morgan fingerprint density at radius 1 is 1.40 bits per heavy atom. The predicted octanol–water partition coefficient (Wildman–Crippen LogP) is 1.91. The highest BCUT2D eigenvalue weighted by Gasteiger charge is 2.21. The minimum absolute atomic E-state index is 0.624. The fourth-order valence-corrected chi connectivity index (χ4v) is 2.02. The second-order valence-corrected chi connectivity index (χ2v) is 4.10. The van der Waals surface area contributed by atoms with Gasteiger partial charge in [0.1, 0.15) is 0 Å². The van der Waals surface area contributed by atoms with E-state index >= 15 is 0 Å². The molecule has 0 saturated carbocycles. The van der Waals surface area contributed by atoms with Gasteiger partial charge in [0.05, 0.1) is 19.8 Å². The summed E-state index contributed by atoms with van der Waals surface area (Å²) in [6.45, 7) is 9.90. The Kier molecular flexibility index (Phi) is 6.98. The molecule has 0 aromatic rings. The largest absolute Gasteiger partial charge is 0.380 e. The first-order valence-corrected chi connectivity index (χ1v) is 6.28. The highest BCUT2D eigenvalue weighted by Crippen LogP contribution is 2.13. The lowest BCUT2D eigenvalue weighted by Crippen LogP contribution is -2.46. The summed E-state index contributed by atoms with van der Waals surface area (Å²) in [6.07, 6.45) is 3.84. The molecule has 0 amide bonds. The lowest BCUT2D eigenvalue weighted by Gasteiger charge is -2.35. The molecular weight excluding hydrogens is 190 g/mol. The second kappa shape index (κ2) is 8.08. The third-order valence-corrected chi connectivity index (χ3v) is 2.97. The number of hydrogen-bond acceptors (Lipinski definition) is 3. The summed E-state index contributed by atoms with van der Waals surface area (Å²) in [5, 5.41) is 0. The summed E-state index contributed by atoms with van der Waals surface area (Å²) in [6, 6.07) is 0.624. The van der Waals surface area contributed by atoms with Crippen molar-refractivity contribution in [2.75, 3.05) is 39.5 Å². The van der Waals surface area contributed by atoms with Gasteiger partial charge in [-0.05, 0) is 13.3 Å². The van der Waals surface area contributed by atoms with E-state index in [4.69, 9.17) is 9.47 Å². The van der Waals surface area contributed by atoms with Crippen LogP contribution in [0.25, 0.3) is 0 Å². The maximum atomic E-state index is 5.53. The Balaban J connectivity index is 2.22. The highest BCUT2D eigenvalue weighted by molar-refractivity contribution is 4.74. The van der Waals surface area contributed by atoms with Gasteiger partial charge in [0.15, 0.2) is 0 Å². The van der Waals surface area contributed by atoms with Gasteiger partial charge in [0.25, 0.3) is 0 Å². The van der Waals surface area contributed by atoms with Crippen LogP contribution < -0.4 is 0 Å². The molecule has 0 radical (unpaired) electrons. The Hall–Kier alpha value is -0.120. The minimum atomic E-state index is 0.624. The van der Waals surface area contributed by atoms with Crippen LogP contribution in [0.3, 0.4) is 0 Å². The van der Waals surface area contributed by atoms with Crippen LogP contribution in [-0.4, -0.2) is 50.5 Å². The van der Waals surface area contributed by atoms with Crippen molar-refractivity contribution in [3.63, 3.8) is 0 Å². The van der Waals surface area contributed by atoms with E-state index < -0.39 is 0 Å². The molecule has 0 aromatic carbocycles. The summed E-state index contributed by atoms with van der Waals surface area (Å²) in [5.41, 5.74) is 0. The first-order chi connectivity index (χ1) is 7.38. The Bertz CT molecular complexity index is 153. The average Bonchev–Trinajstić information content (AvgIpc) is 2.28. The topological polar surface area (TPSA) is 21.7 Å². The molecule has 0 aliphatic carbocycles. The van der Waals surface area contributed by atoms with Crippen molar-refractivity contribution >= 4 is 0 Å². The lowest BCUT2D eigenvalue weighted by atomic mass is 10.1. The van der Waals surface area contributed by atoms with Crippen LogP contribution in [0.5, 0.6) is 0 Å². The van der Waals surface area contributed by atoms with Crippen LogP contribution in [0.1, 0.15) is 33.1 Å². The maximum absolute atomic E-state index is 5.53. The van der Waals surface area contributed by atoms with Crippen LogP contribution in [-0.2, 0) is 9.47 Å². The van der Waals surface area contributed by atoms with E-state index in [0.717, 1.165) is 39.5 Å². The monoisotopic (exact) mass is 215 g/mol. The zero-order chi connectivity index (χ0) is 10.9. The van der Waals surface area contributed by atoms with Crippen molar-refractivity contribution in [2.24, 2.45) is 0 Å². The SMILES string of the molecule is CCCCC1COCCN1CCOCC. The molecule has 1 atom stereocenters. The van der Waals surface area contributed by atoms with E-state index in [1.807, 2.05) is 6.92 Å². The van der Waals surface area contributed by atoms with Crippen LogP contribution in [0, 0.1) is 0 Å². The zero-order valence-electron chi connectivity index (χ0n) is 10.2. The van der Waals surface area contributed by atoms with Crippen LogP contribution in [0.2, 0.25) is 0 Å². The number of hydrogen-bond donors (Lipinski definition) is 0. The molecular formula is C12H25NO2. The van der Waals surface area contributed by atoms with Crippen molar-refractivity contribution in [1.82, 2.24) is 4.90 Å². The normalized spacial score (nSPS) is 23.2. The molecule has 1 unspecified atom stereocenters. The molecule has 1 aliphatic rings. The molecule has 90 valence electrons.